The van der Waals surface area contributed by atoms with Crippen LogP contribution in [0.25, 0.3) is 0 Å². The van der Waals surface area contributed by atoms with Crippen molar-refractivity contribution in [2.75, 3.05) is 13.2 Å². The molecule has 0 aliphatic carbocycles. The van der Waals surface area contributed by atoms with Gasteiger partial charge in [-0.15, -0.1) is 12.4 Å². The second kappa shape index (κ2) is 15.4. The van der Waals surface area contributed by atoms with Crippen molar-refractivity contribution in [1.29, 1.82) is 0 Å². The van der Waals surface area contributed by atoms with E-state index < -0.39 is 0 Å². The molecule has 0 aliphatic rings. The molecule has 2 aromatic rings. The van der Waals surface area contributed by atoms with Crippen LogP contribution in [0.1, 0.15) is 63.5 Å². The number of nitrogens with one attached hydrogen (secondary N) is 1. The van der Waals surface area contributed by atoms with Gasteiger partial charge in [-0.2, -0.15) is 0 Å². The molecule has 0 fully saturated rings. The maximum atomic E-state index is 5.97. The van der Waals surface area contributed by atoms with Crippen molar-refractivity contribution in [1.82, 2.24) is 5.32 Å². The predicted molar refractivity (Wildman–Crippen MR) is 126 cm³/mol. The number of ether oxygens (including phenoxy) is 2. The van der Waals surface area contributed by atoms with Crippen LogP contribution in [0.4, 0.5) is 0 Å². The number of benzene rings is 2. The molecule has 1 N–H and O–H groups in total. The van der Waals surface area contributed by atoms with Crippen molar-refractivity contribution >= 4 is 24.0 Å². The first-order valence-corrected chi connectivity index (χ1v) is 10.9. The lowest BCUT2D eigenvalue weighted by molar-refractivity contribution is 0.269. The molecular weight excluding hydrogens is 405 g/mol. The molecule has 0 amide bonds. The summed E-state index contributed by atoms with van der Waals surface area (Å²) in [6.07, 6.45) is 7.94. The lowest BCUT2D eigenvalue weighted by Crippen LogP contribution is -2.14. The van der Waals surface area contributed by atoms with Crippen LogP contribution in [0.3, 0.4) is 0 Å². The van der Waals surface area contributed by atoms with Gasteiger partial charge in [0, 0.05) is 11.6 Å². The first-order chi connectivity index (χ1) is 13.7. The van der Waals surface area contributed by atoms with Crippen molar-refractivity contribution in [2.24, 2.45) is 0 Å². The topological polar surface area (TPSA) is 30.5 Å². The fraction of sp³-hybridized carbons (Fsp3) is 0.500. The fourth-order valence-electron chi connectivity index (χ4n) is 3.05. The Morgan fingerprint density at radius 1 is 0.793 bits per heavy atom. The van der Waals surface area contributed by atoms with Gasteiger partial charge in [0.15, 0.2) is 11.5 Å². The molecule has 0 saturated heterocycles. The number of hydrogen-bond acceptors (Lipinski definition) is 3. The minimum atomic E-state index is 0. The average molecular weight is 440 g/mol. The van der Waals surface area contributed by atoms with Gasteiger partial charge in [-0.25, -0.2) is 0 Å². The van der Waals surface area contributed by atoms with Crippen LogP contribution < -0.4 is 14.8 Å². The van der Waals surface area contributed by atoms with E-state index in [1.54, 1.807) is 0 Å². The normalized spacial score (nSPS) is 10.4. The molecule has 3 nitrogen and oxygen atoms in total. The molecule has 2 aromatic carbocycles. The third-order valence-electron chi connectivity index (χ3n) is 4.65. The summed E-state index contributed by atoms with van der Waals surface area (Å²) >= 11 is 5.94. The minimum Gasteiger partial charge on any atom is -0.490 e. The van der Waals surface area contributed by atoms with Crippen molar-refractivity contribution < 1.29 is 9.47 Å². The Morgan fingerprint density at radius 2 is 1.48 bits per heavy atom. The number of halogens is 2. The fourth-order valence-corrected chi connectivity index (χ4v) is 3.18. The second-order valence-electron chi connectivity index (χ2n) is 7.07. The number of hydrogen-bond donors (Lipinski definition) is 1. The third-order valence-corrected chi connectivity index (χ3v) is 4.90. The van der Waals surface area contributed by atoms with Crippen LogP contribution in [0, 0.1) is 0 Å². The Morgan fingerprint density at radius 3 is 2.21 bits per heavy atom. The van der Waals surface area contributed by atoms with Crippen molar-refractivity contribution in [3.63, 3.8) is 0 Å². The highest BCUT2D eigenvalue weighted by atomic mass is 35.5. The number of rotatable bonds is 14. The van der Waals surface area contributed by atoms with Gasteiger partial charge in [0.2, 0.25) is 0 Å². The second-order valence-corrected chi connectivity index (χ2v) is 7.51. The Labute approximate surface area is 187 Å². The van der Waals surface area contributed by atoms with E-state index in [0.29, 0.717) is 13.2 Å². The average Bonchev–Trinajstić information content (AvgIpc) is 2.71. The maximum Gasteiger partial charge on any atom is 0.161 e. The summed E-state index contributed by atoms with van der Waals surface area (Å²) in [7, 11) is 0. The molecular formula is C24H35Cl2NO2. The highest BCUT2D eigenvalue weighted by Gasteiger charge is 2.07. The molecule has 0 aliphatic heterocycles. The summed E-state index contributed by atoms with van der Waals surface area (Å²) in [6, 6.07) is 13.9. The summed E-state index contributed by atoms with van der Waals surface area (Å²) in [5, 5.41) is 4.27. The van der Waals surface area contributed by atoms with Gasteiger partial charge < -0.3 is 14.8 Å². The zero-order valence-corrected chi connectivity index (χ0v) is 19.3. The SMILES string of the molecule is CCCCCCCCNCc1ccc(OCc2ccc(Cl)cc2)c(OCC)c1.Cl. The summed E-state index contributed by atoms with van der Waals surface area (Å²) in [5.41, 5.74) is 2.30. The van der Waals surface area contributed by atoms with Crippen molar-refractivity contribution in [3.05, 3.63) is 58.6 Å². The van der Waals surface area contributed by atoms with Gasteiger partial charge in [-0.05, 0) is 55.3 Å². The molecule has 5 heteroatoms. The maximum absolute atomic E-state index is 5.97. The minimum absolute atomic E-state index is 0. The first kappa shape index (κ1) is 25.6. The van der Waals surface area contributed by atoms with Crippen molar-refractivity contribution in [3.8, 4) is 11.5 Å². The predicted octanol–water partition coefficient (Wildman–Crippen LogP) is 7.19. The van der Waals surface area contributed by atoms with E-state index in [1.807, 2.05) is 37.3 Å². The molecule has 162 valence electrons. The van der Waals surface area contributed by atoms with E-state index in [4.69, 9.17) is 21.1 Å². The summed E-state index contributed by atoms with van der Waals surface area (Å²) < 4.78 is 11.8. The molecule has 0 atom stereocenters. The van der Waals surface area contributed by atoms with E-state index in [1.165, 1.54) is 44.1 Å². The van der Waals surface area contributed by atoms with Crippen LogP contribution in [-0.2, 0) is 13.2 Å². The first-order valence-electron chi connectivity index (χ1n) is 10.6. The molecule has 0 heterocycles. The lowest BCUT2D eigenvalue weighted by Gasteiger charge is -2.14. The van der Waals surface area contributed by atoms with E-state index in [-0.39, 0.29) is 12.4 Å². The highest BCUT2D eigenvalue weighted by molar-refractivity contribution is 6.30. The largest absolute Gasteiger partial charge is 0.490 e. The molecule has 0 aromatic heterocycles. The Hall–Kier alpha value is -1.42. The molecule has 2 rings (SSSR count). The van der Waals surface area contributed by atoms with E-state index >= 15 is 0 Å². The monoisotopic (exact) mass is 439 g/mol. The van der Waals surface area contributed by atoms with Gasteiger partial charge in [0.25, 0.3) is 0 Å². The molecule has 0 saturated carbocycles. The molecule has 0 spiro atoms. The standard InChI is InChI=1S/C24H34ClNO2.ClH/c1-3-5-6-7-8-9-16-26-18-21-12-15-23(24(17-21)27-4-2)28-19-20-10-13-22(25)14-11-20;/h10-15,17,26H,3-9,16,18-19H2,1-2H3;1H. The Kier molecular flexibility index (Phi) is 13.6. The third kappa shape index (κ3) is 10.3. The Balaban J connectivity index is 0.00000420. The van der Waals surface area contributed by atoms with Gasteiger partial charge >= 0.3 is 0 Å². The van der Waals surface area contributed by atoms with Gasteiger partial charge in [0.05, 0.1) is 6.61 Å². The lowest BCUT2D eigenvalue weighted by atomic mass is 10.1. The van der Waals surface area contributed by atoms with E-state index in [2.05, 4.69) is 24.4 Å². The van der Waals surface area contributed by atoms with Crippen LogP contribution >= 0.6 is 24.0 Å². The highest BCUT2D eigenvalue weighted by Crippen LogP contribution is 2.29. The molecule has 0 unspecified atom stereocenters. The quantitative estimate of drug-likeness (QED) is 0.315. The van der Waals surface area contributed by atoms with Crippen LogP contribution in [0.2, 0.25) is 5.02 Å². The van der Waals surface area contributed by atoms with Crippen LogP contribution in [0.5, 0.6) is 11.5 Å². The summed E-state index contributed by atoms with van der Waals surface area (Å²) in [4.78, 5) is 0. The van der Waals surface area contributed by atoms with Gasteiger partial charge in [-0.1, -0.05) is 68.8 Å². The molecule has 0 bridgehead atoms. The number of unbranched alkanes of at least 4 members (excludes halogenated alkanes) is 5. The van der Waals surface area contributed by atoms with Crippen molar-refractivity contribution in [2.45, 2.75) is 65.5 Å². The Bertz CT molecular complexity index is 677. The van der Waals surface area contributed by atoms with Crippen LogP contribution in [0.15, 0.2) is 42.5 Å². The van der Waals surface area contributed by atoms with Gasteiger partial charge in [-0.3, -0.25) is 0 Å². The van der Waals surface area contributed by atoms with Crippen LogP contribution in [-0.4, -0.2) is 13.2 Å². The smallest absolute Gasteiger partial charge is 0.161 e. The van der Waals surface area contributed by atoms with E-state index in [9.17, 15) is 0 Å². The van der Waals surface area contributed by atoms with Gasteiger partial charge in [0.1, 0.15) is 6.61 Å². The molecule has 29 heavy (non-hydrogen) atoms. The molecule has 0 radical (unpaired) electrons. The van der Waals surface area contributed by atoms with E-state index in [0.717, 1.165) is 35.2 Å². The zero-order valence-electron chi connectivity index (χ0n) is 17.7. The zero-order chi connectivity index (χ0) is 20.0. The summed E-state index contributed by atoms with van der Waals surface area (Å²) in [5.74, 6) is 1.58. The summed E-state index contributed by atoms with van der Waals surface area (Å²) in [6.45, 7) is 7.27.